The van der Waals surface area contributed by atoms with Gasteiger partial charge >= 0.3 is 5.97 Å². The first-order valence-electron chi connectivity index (χ1n) is 6.67. The maximum Gasteiger partial charge on any atom is 0.374 e. The first-order valence-corrected chi connectivity index (χ1v) is 8.16. The summed E-state index contributed by atoms with van der Waals surface area (Å²) in [6.45, 7) is 0. The molecule has 0 saturated heterocycles. The molecule has 120 valence electrons. The minimum absolute atomic E-state index is 0.175. The molecule has 0 fully saturated rings. The fraction of sp³-hybridized carbons (Fsp3) is 0.133. The zero-order valence-corrected chi connectivity index (χ0v) is 13.3. The molecule has 7 nitrogen and oxygen atoms in total. The van der Waals surface area contributed by atoms with Crippen molar-refractivity contribution in [1.82, 2.24) is 4.57 Å². The number of nitrogens with one attached hydrogen (secondary N) is 1. The highest BCUT2D eigenvalue weighted by atomic mass is 32.2. The maximum atomic E-state index is 12.4. The first-order chi connectivity index (χ1) is 10.9. The van der Waals surface area contributed by atoms with E-state index in [0.717, 1.165) is 10.9 Å². The molecule has 2 aromatic heterocycles. The Balaban J connectivity index is 1.97. The molecule has 3 rings (SSSR count). The van der Waals surface area contributed by atoms with Gasteiger partial charge in [0.25, 0.3) is 10.0 Å². The fourth-order valence-corrected chi connectivity index (χ4v) is 3.28. The Morgan fingerprint density at radius 1 is 1.22 bits per heavy atom. The van der Waals surface area contributed by atoms with Gasteiger partial charge in [-0.05, 0) is 30.3 Å². The van der Waals surface area contributed by atoms with Crippen LogP contribution < -0.4 is 4.72 Å². The van der Waals surface area contributed by atoms with Crippen molar-refractivity contribution < 1.29 is 22.4 Å². The van der Waals surface area contributed by atoms with Gasteiger partial charge in [-0.25, -0.2) is 4.79 Å². The standard InChI is InChI=1S/C15H14N2O5S/c1-17-9-8-10-11(4-3-5-12(10)17)16-23(19,20)14-7-6-13(22-14)15(18)21-2/h3-9,16H,1-2H3. The minimum Gasteiger partial charge on any atom is -0.463 e. The Morgan fingerprint density at radius 3 is 2.74 bits per heavy atom. The Bertz CT molecular complexity index is 984. The van der Waals surface area contributed by atoms with Gasteiger partial charge in [0.2, 0.25) is 10.9 Å². The molecule has 1 aromatic carbocycles. The fourth-order valence-electron chi connectivity index (χ4n) is 2.26. The molecule has 0 spiro atoms. The van der Waals surface area contributed by atoms with Crippen LogP contribution >= 0.6 is 0 Å². The average Bonchev–Trinajstić information content (AvgIpc) is 3.15. The van der Waals surface area contributed by atoms with Gasteiger partial charge in [-0.2, -0.15) is 8.42 Å². The molecule has 3 aromatic rings. The van der Waals surface area contributed by atoms with Crippen LogP contribution in [0.25, 0.3) is 10.9 Å². The zero-order chi connectivity index (χ0) is 16.6. The van der Waals surface area contributed by atoms with Crippen LogP contribution in [0.4, 0.5) is 5.69 Å². The summed E-state index contributed by atoms with van der Waals surface area (Å²) in [5.74, 6) is -0.914. The molecule has 23 heavy (non-hydrogen) atoms. The number of hydrogen-bond acceptors (Lipinski definition) is 5. The summed E-state index contributed by atoms with van der Waals surface area (Å²) in [7, 11) is -0.891. The van der Waals surface area contributed by atoms with Crippen LogP contribution in [-0.2, 0) is 21.8 Å². The Kier molecular flexibility index (Phi) is 3.61. The van der Waals surface area contributed by atoms with Crippen LogP contribution in [0.15, 0.2) is 52.1 Å². The van der Waals surface area contributed by atoms with Gasteiger partial charge in [-0.3, -0.25) is 4.72 Å². The number of methoxy groups -OCH3 is 1. The van der Waals surface area contributed by atoms with E-state index in [1.54, 1.807) is 12.1 Å². The Hall–Kier alpha value is -2.74. The van der Waals surface area contributed by atoms with E-state index in [1.165, 1.54) is 19.2 Å². The van der Waals surface area contributed by atoms with E-state index in [-0.39, 0.29) is 10.9 Å². The molecule has 2 heterocycles. The van der Waals surface area contributed by atoms with E-state index in [4.69, 9.17) is 4.42 Å². The monoisotopic (exact) mass is 334 g/mol. The van der Waals surface area contributed by atoms with Gasteiger partial charge in [0.05, 0.1) is 12.8 Å². The number of sulfonamides is 1. The van der Waals surface area contributed by atoms with Crippen molar-refractivity contribution in [3.63, 3.8) is 0 Å². The number of fused-ring (bicyclic) bond motifs is 1. The molecule has 0 radical (unpaired) electrons. The summed E-state index contributed by atoms with van der Waals surface area (Å²) < 4.78 is 38.7. The third-order valence-corrected chi connectivity index (χ3v) is 4.64. The van der Waals surface area contributed by atoms with E-state index >= 15 is 0 Å². The van der Waals surface area contributed by atoms with E-state index in [1.807, 2.05) is 29.9 Å². The van der Waals surface area contributed by atoms with Crippen LogP contribution in [0.1, 0.15) is 10.6 Å². The van der Waals surface area contributed by atoms with Gasteiger partial charge in [0.1, 0.15) is 0 Å². The lowest BCUT2D eigenvalue weighted by atomic mass is 10.2. The summed E-state index contributed by atoms with van der Waals surface area (Å²) in [6.07, 6.45) is 1.84. The molecule has 0 unspecified atom stereocenters. The maximum absolute atomic E-state index is 12.4. The number of benzene rings is 1. The van der Waals surface area contributed by atoms with Crippen LogP contribution in [0.2, 0.25) is 0 Å². The summed E-state index contributed by atoms with van der Waals surface area (Å²) in [6, 6.07) is 9.57. The average molecular weight is 334 g/mol. The van der Waals surface area contributed by atoms with Crippen LogP contribution in [0, 0.1) is 0 Å². The van der Waals surface area contributed by atoms with Gasteiger partial charge in [-0.15, -0.1) is 0 Å². The number of aromatic nitrogens is 1. The largest absolute Gasteiger partial charge is 0.463 e. The lowest BCUT2D eigenvalue weighted by Gasteiger charge is -2.07. The highest BCUT2D eigenvalue weighted by Gasteiger charge is 2.22. The SMILES string of the molecule is COC(=O)c1ccc(S(=O)(=O)Nc2cccc3c2ccn3C)o1. The van der Waals surface area contributed by atoms with Gasteiger partial charge in [0, 0.05) is 24.1 Å². The summed E-state index contributed by atoms with van der Waals surface area (Å²) in [4.78, 5) is 11.4. The second kappa shape index (κ2) is 5.47. The molecule has 1 N–H and O–H groups in total. The number of rotatable bonds is 4. The Morgan fingerprint density at radius 2 is 2.00 bits per heavy atom. The van der Waals surface area contributed by atoms with Crippen LogP contribution in [0.3, 0.4) is 0 Å². The molecular weight excluding hydrogens is 320 g/mol. The molecule has 0 aliphatic carbocycles. The quantitative estimate of drug-likeness (QED) is 0.740. The van der Waals surface area contributed by atoms with E-state index < -0.39 is 16.0 Å². The normalized spacial score (nSPS) is 11.6. The van der Waals surface area contributed by atoms with Crippen molar-refractivity contribution in [2.75, 3.05) is 11.8 Å². The van der Waals surface area contributed by atoms with Crippen molar-refractivity contribution in [3.8, 4) is 0 Å². The van der Waals surface area contributed by atoms with E-state index in [0.29, 0.717) is 5.69 Å². The lowest BCUT2D eigenvalue weighted by Crippen LogP contribution is -2.12. The number of nitrogens with zero attached hydrogens (tertiary/aromatic N) is 1. The number of carbonyl (C=O) groups is 1. The molecule has 0 aliphatic rings. The minimum atomic E-state index is -3.95. The van der Waals surface area contributed by atoms with Crippen LogP contribution in [-0.4, -0.2) is 26.1 Å². The van der Waals surface area contributed by atoms with Crippen molar-refractivity contribution >= 4 is 32.6 Å². The predicted molar refractivity (Wildman–Crippen MR) is 83.8 cm³/mol. The highest BCUT2D eigenvalue weighted by Crippen LogP contribution is 2.26. The number of esters is 1. The summed E-state index contributed by atoms with van der Waals surface area (Å²) >= 11 is 0. The van der Waals surface area contributed by atoms with Crippen molar-refractivity contribution in [3.05, 3.63) is 48.4 Å². The number of aryl methyl sites for hydroxylation is 1. The molecular formula is C15H14N2O5S. The molecule has 8 heteroatoms. The smallest absolute Gasteiger partial charge is 0.374 e. The number of hydrogen-bond donors (Lipinski definition) is 1. The van der Waals surface area contributed by atoms with Crippen LogP contribution in [0.5, 0.6) is 0 Å². The highest BCUT2D eigenvalue weighted by molar-refractivity contribution is 7.92. The summed E-state index contributed by atoms with van der Waals surface area (Å²) in [5.41, 5.74) is 1.32. The lowest BCUT2D eigenvalue weighted by molar-refractivity contribution is 0.0559. The first kappa shape index (κ1) is 15.2. The Labute approximate surface area is 132 Å². The second-order valence-corrected chi connectivity index (χ2v) is 6.49. The predicted octanol–water partition coefficient (Wildman–Crippen LogP) is 2.36. The van der Waals surface area contributed by atoms with Gasteiger partial charge in [-0.1, -0.05) is 6.07 Å². The van der Waals surface area contributed by atoms with Crippen molar-refractivity contribution in [2.24, 2.45) is 7.05 Å². The third-order valence-electron chi connectivity index (χ3n) is 3.41. The van der Waals surface area contributed by atoms with Gasteiger partial charge < -0.3 is 13.7 Å². The molecule has 0 bridgehead atoms. The van der Waals surface area contributed by atoms with Crippen molar-refractivity contribution in [2.45, 2.75) is 5.09 Å². The van der Waals surface area contributed by atoms with E-state index in [2.05, 4.69) is 9.46 Å². The topological polar surface area (TPSA) is 90.5 Å². The second-order valence-electron chi connectivity index (χ2n) is 4.88. The van der Waals surface area contributed by atoms with Crippen molar-refractivity contribution in [1.29, 1.82) is 0 Å². The molecule has 0 atom stereocenters. The van der Waals surface area contributed by atoms with E-state index in [9.17, 15) is 13.2 Å². The van der Waals surface area contributed by atoms with Gasteiger partial charge in [0.15, 0.2) is 0 Å². The molecule has 0 aliphatic heterocycles. The zero-order valence-electron chi connectivity index (χ0n) is 12.4. The third kappa shape index (κ3) is 2.68. The number of carbonyl (C=O) groups excluding carboxylic acids is 1. The molecule has 0 saturated carbocycles. The molecule has 0 amide bonds. The number of furan rings is 1. The number of ether oxygens (including phenoxy) is 1. The summed E-state index contributed by atoms with van der Waals surface area (Å²) in [5, 5.41) is 0.407. The number of anilines is 1.